The average molecular weight is 284 g/mol. The monoisotopic (exact) mass is 284 g/mol. The largest absolute Gasteiger partial charge is 0.508 e. The minimum Gasteiger partial charge on any atom is -0.508 e. The maximum atomic E-state index is 12.1. The Kier molecular flexibility index (Phi) is 4.56. The summed E-state index contributed by atoms with van der Waals surface area (Å²) in [6.07, 6.45) is 0. The van der Waals surface area contributed by atoms with Gasteiger partial charge in [0.15, 0.2) is 0 Å². The maximum absolute atomic E-state index is 12.1. The summed E-state index contributed by atoms with van der Waals surface area (Å²) < 4.78 is 5.13. The van der Waals surface area contributed by atoms with Crippen LogP contribution in [-0.4, -0.2) is 23.8 Å². The molecule has 0 spiro atoms. The number of amides is 1. The first-order valence-electron chi connectivity index (χ1n) is 6.39. The third-order valence-electron chi connectivity index (χ3n) is 2.96. The number of rotatable bonds is 4. The Bertz CT molecular complexity index is 663. The Balaban J connectivity index is 2.12. The van der Waals surface area contributed by atoms with Gasteiger partial charge in [-0.1, -0.05) is 12.1 Å². The average Bonchev–Trinajstić information content (AvgIpc) is 2.52. The Morgan fingerprint density at radius 1 is 1.14 bits per heavy atom. The van der Waals surface area contributed by atoms with Crippen LogP contribution in [0.1, 0.15) is 22.8 Å². The van der Waals surface area contributed by atoms with E-state index in [0.717, 1.165) is 5.56 Å². The lowest BCUT2D eigenvalue weighted by molar-refractivity contribution is 0.0952. The fourth-order valence-corrected chi connectivity index (χ4v) is 1.79. The van der Waals surface area contributed by atoms with Gasteiger partial charge in [-0.3, -0.25) is 4.79 Å². The number of hydrazone groups is 1. The number of ether oxygens (including phenoxy) is 1. The van der Waals surface area contributed by atoms with Crippen molar-refractivity contribution in [3.05, 3.63) is 59.7 Å². The maximum Gasteiger partial charge on any atom is 0.275 e. The van der Waals surface area contributed by atoms with E-state index in [4.69, 9.17) is 4.74 Å². The summed E-state index contributed by atoms with van der Waals surface area (Å²) in [6.45, 7) is 1.77. The fraction of sp³-hybridized carbons (Fsp3) is 0.125. The lowest BCUT2D eigenvalue weighted by Crippen LogP contribution is -2.20. The van der Waals surface area contributed by atoms with E-state index in [0.29, 0.717) is 17.0 Å². The Labute approximate surface area is 122 Å². The molecule has 0 aliphatic rings. The van der Waals surface area contributed by atoms with Crippen molar-refractivity contribution in [2.75, 3.05) is 7.11 Å². The van der Waals surface area contributed by atoms with Crippen LogP contribution >= 0.6 is 0 Å². The van der Waals surface area contributed by atoms with Crippen LogP contribution < -0.4 is 10.2 Å². The van der Waals surface area contributed by atoms with Gasteiger partial charge in [0.1, 0.15) is 11.5 Å². The normalized spacial score (nSPS) is 11.0. The highest BCUT2D eigenvalue weighted by Crippen LogP contribution is 2.17. The second kappa shape index (κ2) is 6.56. The van der Waals surface area contributed by atoms with Crippen molar-refractivity contribution in [1.82, 2.24) is 5.43 Å². The molecule has 0 fully saturated rings. The van der Waals surface area contributed by atoms with Crippen molar-refractivity contribution >= 4 is 11.6 Å². The van der Waals surface area contributed by atoms with Crippen molar-refractivity contribution in [2.45, 2.75) is 6.92 Å². The zero-order chi connectivity index (χ0) is 15.2. The highest BCUT2D eigenvalue weighted by atomic mass is 16.5. The summed E-state index contributed by atoms with van der Waals surface area (Å²) in [6, 6.07) is 13.5. The van der Waals surface area contributed by atoms with E-state index < -0.39 is 0 Å². The van der Waals surface area contributed by atoms with Crippen LogP contribution in [0, 0.1) is 0 Å². The van der Waals surface area contributed by atoms with E-state index >= 15 is 0 Å². The highest BCUT2D eigenvalue weighted by Gasteiger charge is 2.10. The minimum atomic E-state index is -0.342. The first kappa shape index (κ1) is 14.6. The van der Waals surface area contributed by atoms with Crippen molar-refractivity contribution in [3.8, 4) is 11.5 Å². The third-order valence-corrected chi connectivity index (χ3v) is 2.96. The Hall–Kier alpha value is -2.82. The van der Waals surface area contributed by atoms with Gasteiger partial charge in [-0.25, -0.2) is 5.43 Å². The number of nitrogens with one attached hydrogen (secondary N) is 1. The summed E-state index contributed by atoms with van der Waals surface area (Å²) in [5.41, 5.74) is 4.36. The Morgan fingerprint density at radius 2 is 1.81 bits per heavy atom. The first-order chi connectivity index (χ1) is 10.1. The molecule has 2 aromatic rings. The van der Waals surface area contributed by atoms with E-state index in [1.165, 1.54) is 7.11 Å². The number of carbonyl (C=O) groups excluding carboxylic acids is 1. The van der Waals surface area contributed by atoms with E-state index in [-0.39, 0.29) is 11.7 Å². The molecule has 0 aromatic heterocycles. The molecular formula is C16H16N2O3. The van der Waals surface area contributed by atoms with Gasteiger partial charge >= 0.3 is 0 Å². The zero-order valence-corrected chi connectivity index (χ0v) is 11.8. The van der Waals surface area contributed by atoms with E-state index in [1.807, 2.05) is 0 Å². The molecule has 0 aliphatic carbocycles. The molecule has 0 radical (unpaired) electrons. The van der Waals surface area contributed by atoms with Crippen LogP contribution in [0.5, 0.6) is 11.5 Å². The zero-order valence-electron chi connectivity index (χ0n) is 11.8. The third kappa shape index (κ3) is 3.60. The van der Waals surface area contributed by atoms with E-state index in [2.05, 4.69) is 10.5 Å². The molecule has 5 heteroatoms. The summed E-state index contributed by atoms with van der Waals surface area (Å²) in [4.78, 5) is 12.1. The smallest absolute Gasteiger partial charge is 0.275 e. The molecule has 0 saturated carbocycles. The van der Waals surface area contributed by atoms with Gasteiger partial charge in [0.25, 0.3) is 5.91 Å². The van der Waals surface area contributed by atoms with E-state index in [9.17, 15) is 9.90 Å². The van der Waals surface area contributed by atoms with Gasteiger partial charge < -0.3 is 9.84 Å². The number of hydrogen-bond donors (Lipinski definition) is 2. The SMILES string of the molecule is COc1ccccc1C(=O)N/N=C(/C)c1ccc(O)cc1. The number of para-hydroxylation sites is 1. The van der Waals surface area contributed by atoms with Crippen molar-refractivity contribution in [2.24, 2.45) is 5.10 Å². The van der Waals surface area contributed by atoms with Crippen LogP contribution in [0.3, 0.4) is 0 Å². The number of carbonyl (C=O) groups is 1. The molecule has 2 N–H and O–H groups in total. The van der Waals surface area contributed by atoms with Gasteiger partial charge in [0.2, 0.25) is 0 Å². The van der Waals surface area contributed by atoms with Crippen LogP contribution in [0.25, 0.3) is 0 Å². The van der Waals surface area contributed by atoms with Gasteiger partial charge in [0, 0.05) is 0 Å². The van der Waals surface area contributed by atoms with Crippen LogP contribution in [-0.2, 0) is 0 Å². The predicted octanol–water partition coefficient (Wildman–Crippen LogP) is 2.55. The minimum absolute atomic E-state index is 0.185. The molecule has 5 nitrogen and oxygen atoms in total. The topological polar surface area (TPSA) is 70.9 Å². The molecule has 0 unspecified atom stereocenters. The standard InChI is InChI=1S/C16H16N2O3/c1-11(12-7-9-13(19)10-8-12)17-18-16(20)14-5-3-4-6-15(14)21-2/h3-10,19H,1-2H3,(H,18,20)/b17-11-. The molecule has 2 rings (SSSR count). The first-order valence-corrected chi connectivity index (χ1v) is 6.39. The fourth-order valence-electron chi connectivity index (χ4n) is 1.79. The van der Waals surface area contributed by atoms with Crippen LogP contribution in [0.2, 0.25) is 0 Å². The number of hydrogen-bond acceptors (Lipinski definition) is 4. The number of phenols is 1. The molecule has 1 amide bonds. The molecule has 0 saturated heterocycles. The van der Waals surface area contributed by atoms with Crippen LogP contribution in [0.15, 0.2) is 53.6 Å². The van der Waals surface area contributed by atoms with Gasteiger partial charge in [-0.15, -0.1) is 0 Å². The van der Waals surface area contributed by atoms with Gasteiger partial charge in [0.05, 0.1) is 18.4 Å². The molecule has 2 aromatic carbocycles. The summed E-state index contributed by atoms with van der Waals surface area (Å²) in [5.74, 6) is 0.336. The van der Waals surface area contributed by atoms with Gasteiger partial charge in [-0.2, -0.15) is 5.10 Å². The van der Waals surface area contributed by atoms with E-state index in [1.54, 1.807) is 55.5 Å². The number of nitrogens with zero attached hydrogens (tertiary/aromatic N) is 1. The highest BCUT2D eigenvalue weighted by molar-refractivity contribution is 6.01. The molecular weight excluding hydrogens is 268 g/mol. The molecule has 0 bridgehead atoms. The predicted molar refractivity (Wildman–Crippen MR) is 80.8 cm³/mol. The molecule has 0 heterocycles. The number of benzene rings is 2. The lowest BCUT2D eigenvalue weighted by atomic mass is 10.1. The van der Waals surface area contributed by atoms with Crippen LogP contribution in [0.4, 0.5) is 0 Å². The van der Waals surface area contributed by atoms with Crippen molar-refractivity contribution in [1.29, 1.82) is 0 Å². The summed E-state index contributed by atoms with van der Waals surface area (Å²) in [7, 11) is 1.51. The number of aromatic hydroxyl groups is 1. The van der Waals surface area contributed by atoms with Gasteiger partial charge in [-0.05, 0) is 48.9 Å². The van der Waals surface area contributed by atoms with Crippen molar-refractivity contribution < 1.29 is 14.6 Å². The second-order valence-electron chi connectivity index (χ2n) is 4.39. The molecule has 21 heavy (non-hydrogen) atoms. The molecule has 0 aliphatic heterocycles. The quantitative estimate of drug-likeness (QED) is 0.669. The van der Waals surface area contributed by atoms with Crippen molar-refractivity contribution in [3.63, 3.8) is 0 Å². The molecule has 0 atom stereocenters. The Morgan fingerprint density at radius 3 is 2.48 bits per heavy atom. The molecule has 108 valence electrons. The number of methoxy groups -OCH3 is 1. The lowest BCUT2D eigenvalue weighted by Gasteiger charge is -2.07. The second-order valence-corrected chi connectivity index (χ2v) is 4.39. The number of phenolic OH excluding ortho intramolecular Hbond substituents is 1. The summed E-state index contributed by atoms with van der Waals surface area (Å²) in [5, 5.41) is 13.3. The summed E-state index contributed by atoms with van der Waals surface area (Å²) >= 11 is 0.